The molecule has 0 atom stereocenters. The number of carbonyl (C=O) groups is 1. The molecule has 8 nitrogen and oxygen atoms in total. The summed E-state index contributed by atoms with van der Waals surface area (Å²) in [6, 6.07) is 17.0. The molecule has 10 heteroatoms. The molecule has 0 fully saturated rings. The summed E-state index contributed by atoms with van der Waals surface area (Å²) >= 11 is 3.51. The summed E-state index contributed by atoms with van der Waals surface area (Å²) in [7, 11) is -2.16. The summed E-state index contributed by atoms with van der Waals surface area (Å²) in [6.45, 7) is 5.60. The molecule has 3 aromatic rings. The molecule has 0 radical (unpaired) electrons. The fraction of sp³-hybridized carbons (Fsp3) is 0.259. The van der Waals surface area contributed by atoms with E-state index in [1.807, 2.05) is 37.3 Å². The van der Waals surface area contributed by atoms with Crippen LogP contribution in [0, 0.1) is 20.8 Å². The summed E-state index contributed by atoms with van der Waals surface area (Å²) in [5.74, 6) is 0.461. The number of hydrazone groups is 1. The Bertz CT molecular complexity index is 1390. The van der Waals surface area contributed by atoms with Crippen molar-refractivity contribution in [3.8, 4) is 11.5 Å². The van der Waals surface area contributed by atoms with Gasteiger partial charge in [-0.25, -0.2) is 13.8 Å². The first-order valence-electron chi connectivity index (χ1n) is 11.4. The maximum Gasteiger partial charge on any atom is 0.260 e. The minimum absolute atomic E-state index is 0.371. The van der Waals surface area contributed by atoms with Crippen molar-refractivity contribution >= 4 is 43.8 Å². The van der Waals surface area contributed by atoms with Crippen molar-refractivity contribution in [2.45, 2.75) is 27.4 Å². The van der Waals surface area contributed by atoms with Crippen LogP contribution in [0.4, 0.5) is 5.69 Å². The quantitative estimate of drug-likeness (QED) is 0.269. The van der Waals surface area contributed by atoms with Crippen LogP contribution in [0.25, 0.3) is 0 Å². The third-order valence-electron chi connectivity index (χ3n) is 5.53. The Balaban J connectivity index is 1.70. The number of rotatable bonds is 10. The van der Waals surface area contributed by atoms with Gasteiger partial charge < -0.3 is 9.47 Å². The highest BCUT2D eigenvalue weighted by molar-refractivity contribution is 9.10. The molecule has 0 aliphatic rings. The fourth-order valence-electron chi connectivity index (χ4n) is 3.70. The Labute approximate surface area is 226 Å². The van der Waals surface area contributed by atoms with Gasteiger partial charge in [0.05, 0.1) is 29.7 Å². The van der Waals surface area contributed by atoms with Crippen molar-refractivity contribution in [1.82, 2.24) is 5.43 Å². The number of aryl methyl sites for hydroxylation is 3. The molecule has 0 saturated heterocycles. The van der Waals surface area contributed by atoms with Crippen LogP contribution in [0.2, 0.25) is 0 Å². The molecule has 0 aliphatic carbocycles. The zero-order chi connectivity index (χ0) is 27.2. The van der Waals surface area contributed by atoms with E-state index in [1.165, 1.54) is 18.9 Å². The van der Waals surface area contributed by atoms with Crippen molar-refractivity contribution < 1.29 is 22.7 Å². The van der Waals surface area contributed by atoms with Gasteiger partial charge in [-0.1, -0.05) is 48.0 Å². The lowest BCUT2D eigenvalue weighted by molar-refractivity contribution is -0.119. The molecule has 0 bridgehead atoms. The molecule has 0 aromatic heterocycles. The number of halogens is 1. The number of para-hydroxylation sites is 1. The van der Waals surface area contributed by atoms with E-state index in [0.717, 1.165) is 27.3 Å². The average molecular weight is 589 g/mol. The van der Waals surface area contributed by atoms with E-state index >= 15 is 0 Å². The smallest absolute Gasteiger partial charge is 0.260 e. The van der Waals surface area contributed by atoms with E-state index in [2.05, 4.69) is 26.5 Å². The lowest BCUT2D eigenvalue weighted by Crippen LogP contribution is -2.39. The standard InChI is InChI=1S/C27H30BrN3O5S/c1-18-9-11-21(12-10-18)17-36-27-23(28)13-22(14-24(27)35-4)15-29-30-25(32)16-31(37(5,33)34)26-19(2)7-6-8-20(26)3/h6-15H,16-17H2,1-5H3,(H,30,32)/b29-15-. The number of carbonyl (C=O) groups excluding carboxylic acids is 1. The number of amides is 1. The number of benzene rings is 3. The van der Waals surface area contributed by atoms with Gasteiger partial charge in [0, 0.05) is 0 Å². The second kappa shape index (κ2) is 12.2. The van der Waals surface area contributed by atoms with Gasteiger partial charge in [-0.15, -0.1) is 0 Å². The van der Waals surface area contributed by atoms with E-state index in [1.54, 1.807) is 38.1 Å². The van der Waals surface area contributed by atoms with Crippen LogP contribution in [-0.2, 0) is 21.4 Å². The van der Waals surface area contributed by atoms with Crippen molar-refractivity contribution in [3.05, 3.63) is 86.9 Å². The Morgan fingerprint density at radius 3 is 2.32 bits per heavy atom. The Hall–Kier alpha value is -3.37. The van der Waals surface area contributed by atoms with Crippen LogP contribution in [0.15, 0.2) is 64.2 Å². The van der Waals surface area contributed by atoms with E-state index < -0.39 is 22.5 Å². The second-order valence-electron chi connectivity index (χ2n) is 8.61. The predicted molar refractivity (Wildman–Crippen MR) is 150 cm³/mol. The lowest BCUT2D eigenvalue weighted by atomic mass is 10.1. The van der Waals surface area contributed by atoms with Gasteiger partial charge in [-0.3, -0.25) is 9.10 Å². The normalized spacial score (nSPS) is 11.4. The molecular formula is C27H30BrN3O5S. The summed E-state index contributed by atoms with van der Waals surface area (Å²) in [4.78, 5) is 12.6. The summed E-state index contributed by atoms with van der Waals surface area (Å²) < 4.78 is 38.1. The number of hydrogen-bond donors (Lipinski definition) is 1. The van der Waals surface area contributed by atoms with E-state index in [-0.39, 0.29) is 0 Å². The van der Waals surface area contributed by atoms with E-state index in [9.17, 15) is 13.2 Å². The second-order valence-corrected chi connectivity index (χ2v) is 11.4. The number of ether oxygens (including phenoxy) is 2. The number of anilines is 1. The minimum Gasteiger partial charge on any atom is -0.493 e. The zero-order valence-corrected chi connectivity index (χ0v) is 23.8. The molecule has 37 heavy (non-hydrogen) atoms. The monoisotopic (exact) mass is 587 g/mol. The Morgan fingerprint density at radius 2 is 1.73 bits per heavy atom. The third-order valence-corrected chi connectivity index (χ3v) is 7.24. The van der Waals surface area contributed by atoms with Crippen molar-refractivity contribution in [2.75, 3.05) is 24.2 Å². The van der Waals surface area contributed by atoms with Gasteiger partial charge in [0.15, 0.2) is 11.5 Å². The van der Waals surface area contributed by atoms with Gasteiger partial charge in [-0.05, 0) is 71.1 Å². The number of nitrogens with one attached hydrogen (secondary N) is 1. The molecule has 0 aliphatic heterocycles. The lowest BCUT2D eigenvalue weighted by Gasteiger charge is -2.25. The molecular weight excluding hydrogens is 558 g/mol. The van der Waals surface area contributed by atoms with Gasteiger partial charge in [0.2, 0.25) is 10.0 Å². The van der Waals surface area contributed by atoms with Crippen molar-refractivity contribution in [3.63, 3.8) is 0 Å². The third kappa shape index (κ3) is 7.56. The molecule has 1 amide bonds. The molecule has 0 unspecified atom stereocenters. The highest BCUT2D eigenvalue weighted by Crippen LogP contribution is 2.37. The van der Waals surface area contributed by atoms with Crippen LogP contribution < -0.4 is 19.2 Å². The average Bonchev–Trinajstić information content (AvgIpc) is 2.82. The Kier molecular flexibility index (Phi) is 9.34. The first-order chi connectivity index (χ1) is 17.5. The van der Waals surface area contributed by atoms with Crippen LogP contribution in [0.3, 0.4) is 0 Å². The number of hydrogen-bond acceptors (Lipinski definition) is 6. The van der Waals surface area contributed by atoms with Gasteiger partial charge in [0.25, 0.3) is 5.91 Å². The van der Waals surface area contributed by atoms with Crippen LogP contribution in [0.1, 0.15) is 27.8 Å². The maximum atomic E-state index is 12.6. The molecule has 3 aromatic carbocycles. The van der Waals surface area contributed by atoms with Crippen molar-refractivity contribution in [2.24, 2.45) is 5.10 Å². The minimum atomic E-state index is -3.70. The summed E-state index contributed by atoms with van der Waals surface area (Å²) in [5, 5.41) is 4.00. The molecule has 0 heterocycles. The van der Waals surface area contributed by atoms with Gasteiger partial charge in [-0.2, -0.15) is 5.10 Å². The molecule has 196 valence electrons. The summed E-state index contributed by atoms with van der Waals surface area (Å²) in [5.41, 5.74) is 7.23. The maximum absolute atomic E-state index is 12.6. The van der Waals surface area contributed by atoms with E-state index in [0.29, 0.717) is 33.8 Å². The fourth-order valence-corrected chi connectivity index (χ4v) is 5.25. The SMILES string of the molecule is COc1cc(/C=N\NC(=O)CN(c2c(C)cccc2C)S(C)(=O)=O)cc(Br)c1OCc1ccc(C)cc1. The first kappa shape index (κ1) is 28.2. The predicted octanol–water partition coefficient (Wildman–Crippen LogP) is 4.88. The van der Waals surface area contributed by atoms with Gasteiger partial charge >= 0.3 is 0 Å². The highest BCUT2D eigenvalue weighted by atomic mass is 79.9. The number of sulfonamides is 1. The van der Waals surface area contributed by atoms with Crippen molar-refractivity contribution in [1.29, 1.82) is 0 Å². The molecule has 0 saturated carbocycles. The largest absolute Gasteiger partial charge is 0.493 e. The first-order valence-corrected chi connectivity index (χ1v) is 14.1. The molecule has 3 rings (SSSR count). The summed E-state index contributed by atoms with van der Waals surface area (Å²) in [6.07, 6.45) is 2.51. The van der Waals surface area contributed by atoms with Crippen LogP contribution in [0.5, 0.6) is 11.5 Å². The number of methoxy groups -OCH3 is 1. The number of nitrogens with zero attached hydrogens (tertiary/aromatic N) is 2. The van der Waals surface area contributed by atoms with Crippen LogP contribution in [-0.4, -0.2) is 40.4 Å². The molecule has 0 spiro atoms. The topological polar surface area (TPSA) is 97.3 Å². The zero-order valence-electron chi connectivity index (χ0n) is 21.4. The van der Waals surface area contributed by atoms with Gasteiger partial charge in [0.1, 0.15) is 13.2 Å². The highest BCUT2D eigenvalue weighted by Gasteiger charge is 2.23. The Morgan fingerprint density at radius 1 is 1.08 bits per heavy atom. The van der Waals surface area contributed by atoms with Crippen LogP contribution >= 0.6 is 15.9 Å². The van der Waals surface area contributed by atoms with E-state index in [4.69, 9.17) is 9.47 Å². The molecule has 1 N–H and O–H groups in total.